The van der Waals surface area contributed by atoms with Crippen LogP contribution in [0.1, 0.15) is 50.3 Å². The van der Waals surface area contributed by atoms with Crippen molar-refractivity contribution in [3.8, 4) is 0 Å². The molecule has 104 valence electrons. The first-order chi connectivity index (χ1) is 9.20. The van der Waals surface area contributed by atoms with Crippen molar-refractivity contribution >= 4 is 5.97 Å². The number of hydrogen-bond donors (Lipinski definition) is 1. The van der Waals surface area contributed by atoms with E-state index in [9.17, 15) is 4.79 Å². The van der Waals surface area contributed by atoms with Crippen molar-refractivity contribution in [1.29, 1.82) is 0 Å². The number of carboxylic acids is 1. The van der Waals surface area contributed by atoms with Gasteiger partial charge < -0.3 is 9.52 Å². The molecule has 1 N–H and O–H groups in total. The minimum atomic E-state index is -0.776. The standard InChI is InChI=1S/C14H20N2O3/c17-14(18)3-1-2-12-15-16-13(19-12)8-11-7-9-4-5-10(11)6-9/h9-11H,1-8H2,(H,17,18). The molecule has 2 saturated carbocycles. The molecule has 5 nitrogen and oxygen atoms in total. The molecule has 19 heavy (non-hydrogen) atoms. The fourth-order valence-corrected chi connectivity index (χ4v) is 3.71. The number of carbonyl (C=O) groups is 1. The van der Waals surface area contributed by atoms with E-state index in [0.29, 0.717) is 18.7 Å². The van der Waals surface area contributed by atoms with Crippen LogP contribution in [0, 0.1) is 17.8 Å². The summed E-state index contributed by atoms with van der Waals surface area (Å²) < 4.78 is 5.62. The maximum atomic E-state index is 10.4. The third-order valence-electron chi connectivity index (χ3n) is 4.61. The van der Waals surface area contributed by atoms with Gasteiger partial charge in [-0.05, 0) is 43.4 Å². The van der Waals surface area contributed by atoms with E-state index < -0.39 is 5.97 Å². The Labute approximate surface area is 112 Å². The van der Waals surface area contributed by atoms with Gasteiger partial charge in [-0.2, -0.15) is 0 Å². The van der Waals surface area contributed by atoms with Crippen molar-refractivity contribution in [3.05, 3.63) is 11.8 Å². The molecule has 2 fully saturated rings. The third-order valence-corrected chi connectivity index (χ3v) is 4.61. The summed E-state index contributed by atoms with van der Waals surface area (Å²) in [6.45, 7) is 0. The number of rotatable bonds is 6. The van der Waals surface area contributed by atoms with E-state index >= 15 is 0 Å². The molecular weight excluding hydrogens is 244 g/mol. The minimum Gasteiger partial charge on any atom is -0.481 e. The Morgan fingerprint density at radius 2 is 2.11 bits per heavy atom. The Morgan fingerprint density at radius 1 is 1.26 bits per heavy atom. The maximum absolute atomic E-state index is 10.4. The molecule has 0 spiro atoms. The first-order valence-corrected chi connectivity index (χ1v) is 7.23. The van der Waals surface area contributed by atoms with Crippen LogP contribution in [-0.4, -0.2) is 21.3 Å². The highest BCUT2D eigenvalue weighted by Crippen LogP contribution is 2.49. The number of aryl methyl sites for hydroxylation is 1. The minimum absolute atomic E-state index is 0.157. The molecule has 2 bridgehead atoms. The SMILES string of the molecule is O=C(O)CCCc1nnc(CC2CC3CCC2C3)o1. The molecular formula is C14H20N2O3. The lowest BCUT2D eigenvalue weighted by molar-refractivity contribution is -0.137. The van der Waals surface area contributed by atoms with Crippen molar-refractivity contribution < 1.29 is 14.3 Å². The summed E-state index contributed by atoms with van der Waals surface area (Å²) in [5.41, 5.74) is 0. The quantitative estimate of drug-likeness (QED) is 0.854. The van der Waals surface area contributed by atoms with E-state index in [1.165, 1.54) is 25.7 Å². The van der Waals surface area contributed by atoms with Crippen LogP contribution in [0.5, 0.6) is 0 Å². The topological polar surface area (TPSA) is 76.2 Å². The molecule has 5 heteroatoms. The zero-order chi connectivity index (χ0) is 13.2. The summed E-state index contributed by atoms with van der Waals surface area (Å²) in [5.74, 6) is 3.08. The van der Waals surface area contributed by atoms with Gasteiger partial charge in [-0.25, -0.2) is 0 Å². The van der Waals surface area contributed by atoms with Gasteiger partial charge >= 0.3 is 5.97 Å². The molecule has 2 aliphatic rings. The summed E-state index contributed by atoms with van der Waals surface area (Å²) in [5, 5.41) is 16.7. The van der Waals surface area contributed by atoms with Crippen molar-refractivity contribution in [1.82, 2.24) is 10.2 Å². The average molecular weight is 264 g/mol. The van der Waals surface area contributed by atoms with Gasteiger partial charge in [0.2, 0.25) is 11.8 Å². The van der Waals surface area contributed by atoms with Gasteiger partial charge in [0.25, 0.3) is 0 Å². The zero-order valence-corrected chi connectivity index (χ0v) is 11.0. The number of nitrogens with zero attached hydrogens (tertiary/aromatic N) is 2. The Kier molecular flexibility index (Phi) is 3.53. The average Bonchev–Trinajstić information content (AvgIpc) is 3.05. The van der Waals surface area contributed by atoms with Crippen LogP contribution in [0.4, 0.5) is 0 Å². The number of aliphatic carboxylic acids is 1. The first-order valence-electron chi connectivity index (χ1n) is 7.23. The van der Waals surface area contributed by atoms with Gasteiger partial charge in [-0.3, -0.25) is 4.79 Å². The predicted molar refractivity (Wildman–Crippen MR) is 67.5 cm³/mol. The second-order valence-corrected chi connectivity index (χ2v) is 5.98. The third kappa shape index (κ3) is 2.96. The normalized spacial score (nSPS) is 28.9. The lowest BCUT2D eigenvalue weighted by Gasteiger charge is -2.19. The van der Waals surface area contributed by atoms with E-state index in [1.54, 1.807) is 0 Å². The van der Waals surface area contributed by atoms with Gasteiger partial charge in [-0.1, -0.05) is 6.42 Å². The van der Waals surface area contributed by atoms with Crippen LogP contribution in [0.15, 0.2) is 4.42 Å². The number of carboxylic acid groups (broad SMARTS) is 1. The molecule has 2 aliphatic carbocycles. The Balaban J connectivity index is 1.49. The molecule has 1 aromatic rings. The van der Waals surface area contributed by atoms with E-state index in [1.807, 2.05) is 0 Å². The van der Waals surface area contributed by atoms with Gasteiger partial charge in [0, 0.05) is 19.3 Å². The molecule has 0 aliphatic heterocycles. The molecule has 1 heterocycles. The highest BCUT2D eigenvalue weighted by molar-refractivity contribution is 5.66. The van der Waals surface area contributed by atoms with Crippen LogP contribution in [0.2, 0.25) is 0 Å². The highest BCUT2D eigenvalue weighted by Gasteiger charge is 2.39. The van der Waals surface area contributed by atoms with Crippen LogP contribution < -0.4 is 0 Å². The summed E-state index contributed by atoms with van der Waals surface area (Å²) in [7, 11) is 0. The summed E-state index contributed by atoms with van der Waals surface area (Å²) in [4.78, 5) is 10.4. The van der Waals surface area contributed by atoms with Gasteiger partial charge in [0.1, 0.15) is 0 Å². The second kappa shape index (κ2) is 5.31. The molecule has 3 rings (SSSR count). The van der Waals surface area contributed by atoms with Gasteiger partial charge in [0.05, 0.1) is 0 Å². The Morgan fingerprint density at radius 3 is 2.79 bits per heavy atom. The maximum Gasteiger partial charge on any atom is 0.303 e. The summed E-state index contributed by atoms with van der Waals surface area (Å²) in [6.07, 6.45) is 7.68. The molecule has 0 saturated heterocycles. The number of fused-ring (bicyclic) bond motifs is 2. The van der Waals surface area contributed by atoms with E-state index in [2.05, 4.69) is 10.2 Å². The second-order valence-electron chi connectivity index (χ2n) is 5.98. The molecule has 3 atom stereocenters. The Bertz CT molecular complexity index is 457. The van der Waals surface area contributed by atoms with Crippen LogP contribution in [0.3, 0.4) is 0 Å². The van der Waals surface area contributed by atoms with E-state index in [0.717, 1.165) is 30.1 Å². The van der Waals surface area contributed by atoms with Crippen molar-refractivity contribution in [2.24, 2.45) is 17.8 Å². The summed E-state index contributed by atoms with van der Waals surface area (Å²) in [6, 6.07) is 0. The molecule has 1 aromatic heterocycles. The van der Waals surface area contributed by atoms with Gasteiger partial charge in [0.15, 0.2) is 0 Å². The van der Waals surface area contributed by atoms with Crippen molar-refractivity contribution in [2.45, 2.75) is 51.4 Å². The predicted octanol–water partition coefficient (Wildman–Crippen LogP) is 2.46. The van der Waals surface area contributed by atoms with E-state index in [4.69, 9.17) is 9.52 Å². The number of hydrogen-bond acceptors (Lipinski definition) is 4. The van der Waals surface area contributed by atoms with Crippen LogP contribution in [-0.2, 0) is 17.6 Å². The molecule has 0 aromatic carbocycles. The lowest BCUT2D eigenvalue weighted by Crippen LogP contribution is -2.13. The summed E-state index contributed by atoms with van der Waals surface area (Å²) >= 11 is 0. The first kappa shape index (κ1) is 12.6. The molecule has 0 amide bonds. The zero-order valence-electron chi connectivity index (χ0n) is 11.0. The van der Waals surface area contributed by atoms with Gasteiger partial charge in [-0.15, -0.1) is 10.2 Å². The smallest absolute Gasteiger partial charge is 0.303 e. The van der Waals surface area contributed by atoms with Crippen molar-refractivity contribution in [3.63, 3.8) is 0 Å². The van der Waals surface area contributed by atoms with E-state index in [-0.39, 0.29) is 6.42 Å². The lowest BCUT2D eigenvalue weighted by atomic mass is 9.86. The fraction of sp³-hybridized carbons (Fsp3) is 0.786. The molecule has 0 radical (unpaired) electrons. The van der Waals surface area contributed by atoms with Crippen LogP contribution >= 0.6 is 0 Å². The monoisotopic (exact) mass is 264 g/mol. The van der Waals surface area contributed by atoms with Crippen LogP contribution in [0.25, 0.3) is 0 Å². The molecule has 3 unspecified atom stereocenters. The number of aromatic nitrogens is 2. The highest BCUT2D eigenvalue weighted by atomic mass is 16.4. The fourth-order valence-electron chi connectivity index (χ4n) is 3.71. The van der Waals surface area contributed by atoms with Crippen molar-refractivity contribution in [2.75, 3.05) is 0 Å². The largest absolute Gasteiger partial charge is 0.481 e. The Hall–Kier alpha value is -1.39.